The Morgan fingerprint density at radius 2 is 0.792 bits per heavy atom. The largest absolute Gasteiger partial charge is 0.309 e. The van der Waals surface area contributed by atoms with Crippen LogP contribution in [0.4, 0.5) is 0 Å². The lowest BCUT2D eigenvalue weighted by Crippen LogP contribution is -2.06. The second kappa shape index (κ2) is 17.3. The molecule has 0 aliphatic heterocycles. The van der Waals surface area contributed by atoms with Crippen LogP contribution >= 0.6 is 0 Å². The van der Waals surface area contributed by atoms with Crippen molar-refractivity contribution in [3.05, 3.63) is 241 Å². The van der Waals surface area contributed by atoms with Crippen LogP contribution in [0.15, 0.2) is 219 Å². The van der Waals surface area contributed by atoms with E-state index in [1.807, 2.05) is 48.7 Å². The standard InChI is InChI=1S/C66H48N6/c1-41-28-32-49(43(3)37-41)47-30-34-58-54(39-47)51-21-11-13-24-56(51)71(58)60-26-15-23-53(66-69-64(45-17-7-5-8-18-45)68-65(70-66)46-19-9-6-10-20-46)62(60)63-61(27-16-36-67-63)72-57-25-14-12-22-52(57)55-40-48(31-35-59(55)72)50-33-29-42(2)38-44(50)4/h5-40H,1-4H3. The monoisotopic (exact) mass is 924 g/mol. The molecule has 0 bridgehead atoms. The highest BCUT2D eigenvalue weighted by Crippen LogP contribution is 2.45. The van der Waals surface area contributed by atoms with Gasteiger partial charge in [-0.25, -0.2) is 15.0 Å². The summed E-state index contributed by atoms with van der Waals surface area (Å²) >= 11 is 0. The summed E-state index contributed by atoms with van der Waals surface area (Å²) in [5.74, 6) is 1.74. The zero-order valence-corrected chi connectivity index (χ0v) is 40.5. The highest BCUT2D eigenvalue weighted by Gasteiger charge is 2.26. The maximum Gasteiger partial charge on any atom is 0.164 e. The maximum absolute atomic E-state index is 5.45. The van der Waals surface area contributed by atoms with E-state index in [2.05, 4.69) is 207 Å². The van der Waals surface area contributed by atoms with Gasteiger partial charge in [0.05, 0.1) is 39.1 Å². The molecule has 6 heteroatoms. The third-order valence-corrected chi connectivity index (χ3v) is 14.2. The van der Waals surface area contributed by atoms with Crippen molar-refractivity contribution < 1.29 is 0 Å². The van der Waals surface area contributed by atoms with E-state index in [9.17, 15) is 0 Å². The summed E-state index contributed by atoms with van der Waals surface area (Å²) in [4.78, 5) is 21.3. The Balaban J connectivity index is 1.12. The van der Waals surface area contributed by atoms with Crippen molar-refractivity contribution >= 4 is 43.6 Å². The highest BCUT2D eigenvalue weighted by molar-refractivity contribution is 6.13. The van der Waals surface area contributed by atoms with Gasteiger partial charge in [-0.05, 0) is 116 Å². The van der Waals surface area contributed by atoms with Crippen LogP contribution in [0.25, 0.3) is 123 Å². The van der Waals surface area contributed by atoms with Crippen molar-refractivity contribution in [3.8, 4) is 79.0 Å². The average Bonchev–Trinajstić information content (AvgIpc) is 3.93. The zero-order chi connectivity index (χ0) is 48.5. The van der Waals surface area contributed by atoms with E-state index in [1.165, 1.54) is 60.7 Å². The maximum atomic E-state index is 5.45. The van der Waals surface area contributed by atoms with Gasteiger partial charge in [0.25, 0.3) is 0 Å². The van der Waals surface area contributed by atoms with Gasteiger partial charge in [-0.3, -0.25) is 4.98 Å². The Bertz CT molecular complexity index is 4200. The number of para-hydroxylation sites is 2. The third-order valence-electron chi connectivity index (χ3n) is 14.2. The van der Waals surface area contributed by atoms with Crippen molar-refractivity contribution in [2.24, 2.45) is 0 Å². The Labute approximate surface area is 418 Å². The van der Waals surface area contributed by atoms with E-state index in [0.29, 0.717) is 17.5 Å². The Morgan fingerprint density at radius 1 is 0.319 bits per heavy atom. The SMILES string of the molecule is Cc1ccc(-c2ccc3c(c2)c2ccccc2n3-c2cccnc2-c2c(-c3nc(-c4ccccc4)nc(-c4ccccc4)n3)cccc2-n2c3ccccc3c3cc(-c4ccc(C)cc4C)ccc32)c(C)c1. The molecule has 72 heavy (non-hydrogen) atoms. The first kappa shape index (κ1) is 42.8. The summed E-state index contributed by atoms with van der Waals surface area (Å²) in [5, 5.41) is 4.67. The molecule has 0 saturated heterocycles. The molecule has 9 aromatic carbocycles. The van der Waals surface area contributed by atoms with Crippen LogP contribution in [-0.4, -0.2) is 29.1 Å². The molecule has 0 aliphatic carbocycles. The number of hydrogen-bond donors (Lipinski definition) is 0. The van der Waals surface area contributed by atoms with E-state index in [-0.39, 0.29) is 0 Å². The third kappa shape index (κ3) is 7.18. The molecule has 4 heterocycles. The molecule has 13 rings (SSSR count). The fourth-order valence-electron chi connectivity index (χ4n) is 10.9. The minimum atomic E-state index is 0.550. The van der Waals surface area contributed by atoms with E-state index in [1.54, 1.807) is 0 Å². The fraction of sp³-hybridized carbons (Fsp3) is 0.0606. The number of aromatic nitrogens is 6. The lowest BCUT2D eigenvalue weighted by Gasteiger charge is -2.20. The van der Waals surface area contributed by atoms with Gasteiger partial charge < -0.3 is 9.13 Å². The Hall–Kier alpha value is -9.26. The second-order valence-corrected chi connectivity index (χ2v) is 18.9. The zero-order valence-electron chi connectivity index (χ0n) is 40.5. The molecule has 6 nitrogen and oxygen atoms in total. The smallest absolute Gasteiger partial charge is 0.164 e. The molecule has 0 aliphatic rings. The van der Waals surface area contributed by atoms with Gasteiger partial charge in [0.1, 0.15) is 0 Å². The van der Waals surface area contributed by atoms with Gasteiger partial charge in [0.15, 0.2) is 17.5 Å². The summed E-state index contributed by atoms with van der Waals surface area (Å²) in [6.07, 6.45) is 1.91. The van der Waals surface area contributed by atoms with Crippen LogP contribution in [0.5, 0.6) is 0 Å². The van der Waals surface area contributed by atoms with Crippen molar-refractivity contribution in [2.45, 2.75) is 27.7 Å². The predicted octanol–water partition coefficient (Wildman–Crippen LogP) is 16.7. The minimum Gasteiger partial charge on any atom is -0.309 e. The molecular formula is C66H48N6. The first-order valence-electron chi connectivity index (χ1n) is 24.5. The molecular weight excluding hydrogens is 877 g/mol. The summed E-state index contributed by atoms with van der Waals surface area (Å²) in [6, 6.07) is 75.8. The van der Waals surface area contributed by atoms with Gasteiger partial charge in [0, 0.05) is 50.0 Å². The molecule has 13 aromatic rings. The molecule has 0 atom stereocenters. The molecule has 0 amide bonds. The molecule has 0 radical (unpaired) electrons. The quantitative estimate of drug-likeness (QED) is 0.152. The van der Waals surface area contributed by atoms with Gasteiger partial charge >= 0.3 is 0 Å². The highest BCUT2D eigenvalue weighted by atomic mass is 15.0. The van der Waals surface area contributed by atoms with Crippen LogP contribution in [0.2, 0.25) is 0 Å². The van der Waals surface area contributed by atoms with E-state index < -0.39 is 0 Å². The Morgan fingerprint density at radius 3 is 1.33 bits per heavy atom. The van der Waals surface area contributed by atoms with Crippen molar-refractivity contribution in [1.82, 2.24) is 29.1 Å². The topological polar surface area (TPSA) is 61.4 Å². The predicted molar refractivity (Wildman–Crippen MR) is 298 cm³/mol. The van der Waals surface area contributed by atoms with Gasteiger partial charge in [-0.2, -0.15) is 0 Å². The number of aryl methyl sites for hydroxylation is 4. The van der Waals surface area contributed by atoms with E-state index >= 15 is 0 Å². The Kier molecular flexibility index (Phi) is 10.3. The molecule has 342 valence electrons. The number of hydrogen-bond acceptors (Lipinski definition) is 4. The molecule has 0 fully saturated rings. The minimum absolute atomic E-state index is 0.550. The van der Waals surface area contributed by atoms with Gasteiger partial charge in [-0.15, -0.1) is 0 Å². The first-order chi connectivity index (χ1) is 35.4. The van der Waals surface area contributed by atoms with Crippen LogP contribution in [-0.2, 0) is 0 Å². The normalized spacial score (nSPS) is 11.6. The molecule has 0 saturated carbocycles. The van der Waals surface area contributed by atoms with Crippen molar-refractivity contribution in [3.63, 3.8) is 0 Å². The van der Waals surface area contributed by atoms with Crippen LogP contribution in [0.1, 0.15) is 22.3 Å². The lowest BCUT2D eigenvalue weighted by atomic mass is 9.97. The first-order valence-corrected chi connectivity index (χ1v) is 24.5. The van der Waals surface area contributed by atoms with E-state index in [4.69, 9.17) is 19.9 Å². The van der Waals surface area contributed by atoms with Crippen LogP contribution < -0.4 is 0 Å². The van der Waals surface area contributed by atoms with E-state index in [0.717, 1.165) is 66.8 Å². The van der Waals surface area contributed by atoms with Crippen molar-refractivity contribution in [2.75, 3.05) is 0 Å². The summed E-state index contributed by atoms with van der Waals surface area (Å²) in [5.41, 5.74) is 20.4. The molecule has 0 spiro atoms. The summed E-state index contributed by atoms with van der Waals surface area (Å²) in [6.45, 7) is 8.70. The van der Waals surface area contributed by atoms with Crippen molar-refractivity contribution in [1.29, 1.82) is 0 Å². The van der Waals surface area contributed by atoms with Gasteiger partial charge in [0.2, 0.25) is 0 Å². The van der Waals surface area contributed by atoms with Crippen LogP contribution in [0.3, 0.4) is 0 Å². The molecule has 0 N–H and O–H groups in total. The number of rotatable bonds is 8. The second-order valence-electron chi connectivity index (χ2n) is 18.9. The number of pyridine rings is 1. The molecule has 4 aromatic heterocycles. The van der Waals surface area contributed by atoms with Crippen LogP contribution in [0, 0.1) is 27.7 Å². The molecule has 0 unspecified atom stereocenters. The number of nitrogens with zero attached hydrogens (tertiary/aromatic N) is 6. The fourth-order valence-corrected chi connectivity index (χ4v) is 10.9. The summed E-state index contributed by atoms with van der Waals surface area (Å²) in [7, 11) is 0. The summed E-state index contributed by atoms with van der Waals surface area (Å²) < 4.78 is 4.80. The number of fused-ring (bicyclic) bond motifs is 6. The van der Waals surface area contributed by atoms with Gasteiger partial charge in [-0.1, -0.05) is 169 Å². The lowest BCUT2D eigenvalue weighted by molar-refractivity contribution is 1.07. The number of benzene rings is 9. The average molecular weight is 925 g/mol.